The standard InChI is InChI=1S/C15H14ClN5O2/c1-3-21-11-12(20(2)15(23)19-13(11)22)18-14(21)17-8-9-6-4-5-7-10(9)16/h4-8H,3H2,1-2H3,(H,19,22,23)/b17-8+. The van der Waals surface area contributed by atoms with Crippen LogP contribution in [0.1, 0.15) is 12.5 Å². The van der Waals surface area contributed by atoms with Gasteiger partial charge in [-0.25, -0.2) is 9.79 Å². The van der Waals surface area contributed by atoms with Crippen molar-refractivity contribution in [3.05, 3.63) is 55.7 Å². The Morgan fingerprint density at radius 2 is 2.09 bits per heavy atom. The van der Waals surface area contributed by atoms with Gasteiger partial charge in [0.25, 0.3) is 5.56 Å². The second-order valence-corrected chi connectivity index (χ2v) is 5.33. The van der Waals surface area contributed by atoms with Crippen molar-refractivity contribution in [2.45, 2.75) is 13.5 Å². The summed E-state index contributed by atoms with van der Waals surface area (Å²) in [6.07, 6.45) is 1.59. The van der Waals surface area contributed by atoms with Gasteiger partial charge in [0.05, 0.1) is 0 Å². The molecule has 7 nitrogen and oxygen atoms in total. The first-order valence-corrected chi connectivity index (χ1v) is 7.39. The molecule has 23 heavy (non-hydrogen) atoms. The molecule has 0 fully saturated rings. The van der Waals surface area contributed by atoms with E-state index in [4.69, 9.17) is 11.6 Å². The van der Waals surface area contributed by atoms with Crippen LogP contribution in [0.4, 0.5) is 5.95 Å². The molecular formula is C15H14ClN5O2. The van der Waals surface area contributed by atoms with E-state index in [1.807, 2.05) is 25.1 Å². The molecule has 1 aromatic carbocycles. The van der Waals surface area contributed by atoms with Gasteiger partial charge in [-0.2, -0.15) is 4.98 Å². The number of aromatic amines is 1. The average Bonchev–Trinajstić information content (AvgIpc) is 2.91. The molecule has 0 spiro atoms. The number of aliphatic imine (C=N–C) groups is 1. The van der Waals surface area contributed by atoms with Crippen LogP contribution >= 0.6 is 11.6 Å². The Bertz CT molecular complexity index is 1030. The predicted molar refractivity (Wildman–Crippen MR) is 90.0 cm³/mol. The van der Waals surface area contributed by atoms with Crippen molar-refractivity contribution in [2.24, 2.45) is 12.0 Å². The van der Waals surface area contributed by atoms with E-state index >= 15 is 0 Å². The molecule has 0 bridgehead atoms. The lowest BCUT2D eigenvalue weighted by atomic mass is 10.2. The number of fused-ring (bicyclic) bond motifs is 1. The Balaban J connectivity index is 2.21. The first-order valence-electron chi connectivity index (χ1n) is 7.01. The van der Waals surface area contributed by atoms with Crippen molar-refractivity contribution in [1.82, 2.24) is 19.1 Å². The minimum atomic E-state index is -0.509. The lowest BCUT2D eigenvalue weighted by Gasteiger charge is -2.01. The number of aryl methyl sites for hydroxylation is 2. The molecule has 3 aromatic rings. The van der Waals surface area contributed by atoms with Gasteiger partial charge in [-0.3, -0.25) is 14.3 Å². The Hall–Kier alpha value is -2.67. The van der Waals surface area contributed by atoms with Crippen molar-refractivity contribution in [1.29, 1.82) is 0 Å². The highest BCUT2D eigenvalue weighted by Gasteiger charge is 2.15. The molecule has 0 saturated heterocycles. The number of H-pyrrole nitrogens is 1. The van der Waals surface area contributed by atoms with E-state index in [-0.39, 0.29) is 0 Å². The molecule has 0 saturated carbocycles. The highest BCUT2D eigenvalue weighted by atomic mass is 35.5. The topological polar surface area (TPSA) is 85.0 Å². The van der Waals surface area contributed by atoms with E-state index in [0.717, 1.165) is 5.56 Å². The second kappa shape index (κ2) is 5.85. The van der Waals surface area contributed by atoms with Crippen LogP contribution in [-0.4, -0.2) is 25.3 Å². The Morgan fingerprint density at radius 3 is 2.78 bits per heavy atom. The first-order chi connectivity index (χ1) is 11.0. The summed E-state index contributed by atoms with van der Waals surface area (Å²) in [6, 6.07) is 7.27. The van der Waals surface area contributed by atoms with Gasteiger partial charge in [-0.1, -0.05) is 29.8 Å². The SMILES string of the molecule is CCn1c(/N=C/c2ccccc2Cl)nc2c1c(=O)[nH]c(=O)n2C. The Kier molecular flexibility index (Phi) is 3.87. The zero-order chi connectivity index (χ0) is 16.6. The summed E-state index contributed by atoms with van der Waals surface area (Å²) in [5.74, 6) is 0.342. The molecule has 0 unspecified atom stereocenters. The summed E-state index contributed by atoms with van der Waals surface area (Å²) >= 11 is 6.10. The van der Waals surface area contributed by atoms with E-state index in [1.165, 1.54) is 4.57 Å². The molecule has 8 heteroatoms. The van der Waals surface area contributed by atoms with Crippen molar-refractivity contribution >= 4 is 34.9 Å². The average molecular weight is 332 g/mol. The third-order valence-corrected chi connectivity index (χ3v) is 3.87. The van der Waals surface area contributed by atoms with Gasteiger partial charge >= 0.3 is 5.69 Å². The van der Waals surface area contributed by atoms with Crippen molar-refractivity contribution in [3.63, 3.8) is 0 Å². The summed E-state index contributed by atoms with van der Waals surface area (Å²) in [5, 5.41) is 0.570. The van der Waals surface area contributed by atoms with Crippen LogP contribution in [0.3, 0.4) is 0 Å². The number of aromatic nitrogens is 4. The summed E-state index contributed by atoms with van der Waals surface area (Å²) in [5.41, 5.74) is 0.376. The third-order valence-electron chi connectivity index (χ3n) is 3.53. The fourth-order valence-corrected chi connectivity index (χ4v) is 2.51. The summed E-state index contributed by atoms with van der Waals surface area (Å²) < 4.78 is 2.94. The number of imidazole rings is 1. The number of rotatable bonds is 3. The molecule has 0 radical (unpaired) electrons. The van der Waals surface area contributed by atoms with E-state index < -0.39 is 11.2 Å². The van der Waals surface area contributed by atoms with Gasteiger partial charge < -0.3 is 4.57 Å². The van der Waals surface area contributed by atoms with Crippen LogP contribution in [0, 0.1) is 0 Å². The van der Waals surface area contributed by atoms with Crippen LogP contribution in [-0.2, 0) is 13.6 Å². The van der Waals surface area contributed by atoms with Gasteiger partial charge in [0.15, 0.2) is 11.2 Å². The first kappa shape index (κ1) is 15.2. The van der Waals surface area contributed by atoms with E-state index in [9.17, 15) is 9.59 Å². The maximum absolute atomic E-state index is 12.1. The highest BCUT2D eigenvalue weighted by molar-refractivity contribution is 6.33. The number of halogens is 1. The minimum absolute atomic E-state index is 0.298. The van der Waals surface area contributed by atoms with Crippen molar-refractivity contribution in [2.75, 3.05) is 0 Å². The van der Waals surface area contributed by atoms with Gasteiger partial charge in [-0.15, -0.1) is 0 Å². The van der Waals surface area contributed by atoms with E-state index in [0.29, 0.717) is 28.7 Å². The Morgan fingerprint density at radius 1 is 1.35 bits per heavy atom. The van der Waals surface area contributed by atoms with Crippen LogP contribution in [0.2, 0.25) is 5.02 Å². The van der Waals surface area contributed by atoms with E-state index in [2.05, 4.69) is 15.0 Å². The summed E-state index contributed by atoms with van der Waals surface area (Å²) in [7, 11) is 1.55. The number of nitrogens with zero attached hydrogens (tertiary/aromatic N) is 4. The lowest BCUT2D eigenvalue weighted by molar-refractivity contribution is 0.780. The quantitative estimate of drug-likeness (QED) is 0.743. The maximum Gasteiger partial charge on any atom is 0.329 e. The molecule has 0 atom stereocenters. The van der Waals surface area contributed by atoms with Gasteiger partial charge in [0, 0.05) is 30.4 Å². The lowest BCUT2D eigenvalue weighted by Crippen LogP contribution is -2.29. The van der Waals surface area contributed by atoms with E-state index in [1.54, 1.807) is 23.9 Å². The predicted octanol–water partition coefficient (Wildman–Crippen LogP) is 1.85. The monoisotopic (exact) mass is 331 g/mol. The molecule has 0 aliphatic carbocycles. The molecule has 118 valence electrons. The number of nitrogens with one attached hydrogen (secondary N) is 1. The zero-order valence-corrected chi connectivity index (χ0v) is 13.3. The fraction of sp³-hybridized carbons (Fsp3) is 0.200. The maximum atomic E-state index is 12.1. The van der Waals surface area contributed by atoms with Crippen LogP contribution in [0.15, 0.2) is 38.8 Å². The summed E-state index contributed by atoms with van der Waals surface area (Å²) in [4.78, 5) is 34.7. The summed E-state index contributed by atoms with van der Waals surface area (Å²) in [6.45, 7) is 2.37. The minimum Gasteiger partial charge on any atom is -0.303 e. The van der Waals surface area contributed by atoms with Crippen LogP contribution < -0.4 is 11.2 Å². The van der Waals surface area contributed by atoms with Crippen molar-refractivity contribution in [3.8, 4) is 0 Å². The molecule has 3 rings (SSSR count). The highest BCUT2D eigenvalue weighted by Crippen LogP contribution is 2.19. The molecule has 2 heterocycles. The second-order valence-electron chi connectivity index (χ2n) is 4.93. The fourth-order valence-electron chi connectivity index (χ4n) is 2.33. The normalized spacial score (nSPS) is 11.6. The van der Waals surface area contributed by atoms with Crippen LogP contribution in [0.5, 0.6) is 0 Å². The van der Waals surface area contributed by atoms with Gasteiger partial charge in [0.2, 0.25) is 5.95 Å². The van der Waals surface area contributed by atoms with Crippen molar-refractivity contribution < 1.29 is 0 Å². The van der Waals surface area contributed by atoms with Crippen LogP contribution in [0.25, 0.3) is 11.2 Å². The van der Waals surface area contributed by atoms with Gasteiger partial charge in [-0.05, 0) is 13.0 Å². The molecule has 0 aliphatic rings. The molecular weight excluding hydrogens is 318 g/mol. The largest absolute Gasteiger partial charge is 0.329 e. The molecule has 0 amide bonds. The molecule has 1 N–H and O–H groups in total. The number of hydrogen-bond donors (Lipinski definition) is 1. The number of hydrogen-bond acceptors (Lipinski definition) is 4. The molecule has 2 aromatic heterocycles. The number of benzene rings is 1. The zero-order valence-electron chi connectivity index (χ0n) is 12.6. The Labute approximate surface area is 135 Å². The smallest absolute Gasteiger partial charge is 0.303 e. The van der Waals surface area contributed by atoms with Gasteiger partial charge in [0.1, 0.15) is 0 Å². The molecule has 0 aliphatic heterocycles. The third kappa shape index (κ3) is 2.59.